The quantitative estimate of drug-likeness (QED) is 0.608. The molecule has 0 N–H and O–H groups in total. The maximum atomic E-state index is 15.3. The molecule has 0 saturated carbocycles. The molecule has 3 heteroatoms. The van der Waals surface area contributed by atoms with Crippen molar-refractivity contribution in [3.63, 3.8) is 0 Å². The van der Waals surface area contributed by atoms with Crippen LogP contribution in [0.4, 0.5) is 4.39 Å². The molecular formula is C25H31FN2. The van der Waals surface area contributed by atoms with E-state index in [4.69, 9.17) is 0 Å². The van der Waals surface area contributed by atoms with Crippen molar-refractivity contribution in [3.8, 4) is 17.2 Å². The Hall–Kier alpha value is -2.18. The zero-order valence-corrected chi connectivity index (χ0v) is 17.2. The fraction of sp³-hybridized carbons (Fsp3) is 0.480. The molecule has 1 saturated heterocycles. The van der Waals surface area contributed by atoms with Gasteiger partial charge in [0.25, 0.3) is 0 Å². The molecule has 148 valence electrons. The van der Waals surface area contributed by atoms with Gasteiger partial charge in [0, 0.05) is 24.9 Å². The topological polar surface area (TPSA) is 27.0 Å². The second-order valence-corrected chi connectivity index (χ2v) is 8.62. The summed E-state index contributed by atoms with van der Waals surface area (Å²) in [6, 6.07) is 21.2. The van der Waals surface area contributed by atoms with E-state index in [1.807, 2.05) is 18.2 Å². The molecule has 3 atom stereocenters. The van der Waals surface area contributed by atoms with Crippen molar-refractivity contribution in [2.24, 2.45) is 17.3 Å². The van der Waals surface area contributed by atoms with Crippen molar-refractivity contribution in [2.45, 2.75) is 46.3 Å². The van der Waals surface area contributed by atoms with Crippen molar-refractivity contribution in [1.82, 2.24) is 4.90 Å². The summed E-state index contributed by atoms with van der Waals surface area (Å²) in [5, 5.41) is 9.32. The first-order valence-electron chi connectivity index (χ1n) is 10.3. The lowest BCUT2D eigenvalue weighted by molar-refractivity contribution is -0.0434. The van der Waals surface area contributed by atoms with Crippen LogP contribution < -0.4 is 0 Å². The van der Waals surface area contributed by atoms with Gasteiger partial charge in [0.05, 0.1) is 6.07 Å². The average molecular weight is 379 g/mol. The van der Waals surface area contributed by atoms with Crippen LogP contribution in [-0.4, -0.2) is 24.2 Å². The maximum absolute atomic E-state index is 15.3. The number of nitrogens with zero attached hydrogens (tertiary/aromatic N) is 2. The van der Waals surface area contributed by atoms with Crippen LogP contribution in [0.3, 0.4) is 0 Å². The van der Waals surface area contributed by atoms with E-state index in [1.54, 1.807) is 0 Å². The van der Waals surface area contributed by atoms with Crippen LogP contribution in [0, 0.1) is 28.6 Å². The highest BCUT2D eigenvalue weighted by atomic mass is 19.1. The lowest BCUT2D eigenvalue weighted by atomic mass is 9.63. The Bertz CT molecular complexity index is 794. The van der Waals surface area contributed by atoms with Gasteiger partial charge < -0.3 is 0 Å². The highest BCUT2D eigenvalue weighted by molar-refractivity contribution is 5.63. The van der Waals surface area contributed by atoms with Crippen LogP contribution in [0.5, 0.6) is 0 Å². The summed E-state index contributed by atoms with van der Waals surface area (Å²) in [7, 11) is 0. The summed E-state index contributed by atoms with van der Waals surface area (Å²) in [4.78, 5) is 2.20. The number of nitriles is 1. The van der Waals surface area contributed by atoms with Crippen LogP contribution in [-0.2, 0) is 6.54 Å². The van der Waals surface area contributed by atoms with Gasteiger partial charge in [-0.3, -0.25) is 4.90 Å². The normalized spacial score (nSPS) is 24.1. The Morgan fingerprint density at radius 3 is 2.29 bits per heavy atom. The number of alkyl halides is 1. The molecule has 0 amide bonds. The van der Waals surface area contributed by atoms with Crippen LogP contribution in [0.2, 0.25) is 0 Å². The molecule has 0 bridgehead atoms. The van der Waals surface area contributed by atoms with Gasteiger partial charge in [0.15, 0.2) is 0 Å². The first-order chi connectivity index (χ1) is 13.5. The number of halogens is 1. The van der Waals surface area contributed by atoms with Gasteiger partial charge >= 0.3 is 0 Å². The summed E-state index contributed by atoms with van der Waals surface area (Å²) in [6.45, 7) is 8.41. The minimum Gasteiger partial charge on any atom is -0.296 e. The summed E-state index contributed by atoms with van der Waals surface area (Å²) < 4.78 is 15.3. The number of rotatable bonds is 6. The first-order valence-corrected chi connectivity index (χ1v) is 10.3. The number of hydrogen-bond donors (Lipinski definition) is 0. The highest BCUT2D eigenvalue weighted by Crippen LogP contribution is 2.46. The van der Waals surface area contributed by atoms with Crippen LogP contribution in [0.15, 0.2) is 54.6 Å². The number of piperidine rings is 1. The van der Waals surface area contributed by atoms with Crippen molar-refractivity contribution in [3.05, 3.63) is 60.2 Å². The molecule has 0 aromatic heterocycles. The Kier molecular flexibility index (Phi) is 6.52. The Morgan fingerprint density at radius 1 is 1.07 bits per heavy atom. The molecule has 3 rings (SSSR count). The fourth-order valence-corrected chi connectivity index (χ4v) is 4.54. The monoisotopic (exact) mass is 378 g/mol. The lowest BCUT2D eigenvalue weighted by Gasteiger charge is -2.48. The maximum Gasteiger partial charge on any atom is 0.120 e. The van der Waals surface area contributed by atoms with Crippen molar-refractivity contribution >= 4 is 0 Å². The molecular weight excluding hydrogens is 347 g/mol. The zero-order chi connectivity index (χ0) is 20.1. The van der Waals surface area contributed by atoms with Crippen molar-refractivity contribution < 1.29 is 4.39 Å². The van der Waals surface area contributed by atoms with E-state index < -0.39 is 11.6 Å². The first kappa shape index (κ1) is 20.6. The van der Waals surface area contributed by atoms with Gasteiger partial charge in [-0.15, -0.1) is 0 Å². The smallest absolute Gasteiger partial charge is 0.120 e. The molecule has 0 unspecified atom stereocenters. The van der Waals surface area contributed by atoms with E-state index in [-0.39, 0.29) is 5.92 Å². The molecule has 1 aliphatic heterocycles. The average Bonchev–Trinajstić information content (AvgIpc) is 2.71. The second kappa shape index (κ2) is 8.88. The van der Waals surface area contributed by atoms with Gasteiger partial charge in [0.2, 0.25) is 0 Å². The predicted octanol–water partition coefficient (Wildman–Crippen LogP) is 6.09. The minimum atomic E-state index is -0.957. The molecule has 1 heterocycles. The van der Waals surface area contributed by atoms with Crippen molar-refractivity contribution in [1.29, 1.82) is 5.26 Å². The number of likely N-dealkylation sites (tertiary alicyclic amines) is 1. The van der Waals surface area contributed by atoms with E-state index in [1.165, 1.54) is 16.7 Å². The van der Waals surface area contributed by atoms with Gasteiger partial charge in [-0.05, 0) is 41.5 Å². The summed E-state index contributed by atoms with van der Waals surface area (Å²) >= 11 is 0. The largest absolute Gasteiger partial charge is 0.296 e. The molecule has 0 aliphatic carbocycles. The van der Waals surface area contributed by atoms with E-state index in [9.17, 15) is 5.26 Å². The molecule has 28 heavy (non-hydrogen) atoms. The molecule has 2 nitrogen and oxygen atoms in total. The molecule has 2 aromatic carbocycles. The van der Waals surface area contributed by atoms with E-state index in [0.717, 1.165) is 19.5 Å². The van der Waals surface area contributed by atoms with E-state index in [2.05, 4.69) is 68.1 Å². The SMILES string of the molecule is CC(C)[C@H](C)[C@]1(CC#N)CCN(Cc2ccc(-c3ccccc3)cc2)C[C@@H]1F. The van der Waals surface area contributed by atoms with Crippen molar-refractivity contribution in [2.75, 3.05) is 13.1 Å². The number of hydrogen-bond acceptors (Lipinski definition) is 2. The van der Waals surface area contributed by atoms with E-state index in [0.29, 0.717) is 18.9 Å². The summed E-state index contributed by atoms with van der Waals surface area (Å²) in [5.74, 6) is 0.582. The third-order valence-electron chi connectivity index (χ3n) is 6.72. The van der Waals surface area contributed by atoms with Gasteiger partial charge in [-0.2, -0.15) is 5.26 Å². The Labute approximate surface area is 169 Å². The fourth-order valence-electron chi connectivity index (χ4n) is 4.54. The molecule has 1 fully saturated rings. The van der Waals surface area contributed by atoms with Crippen LogP contribution in [0.25, 0.3) is 11.1 Å². The number of benzene rings is 2. The highest BCUT2D eigenvalue weighted by Gasteiger charge is 2.48. The van der Waals surface area contributed by atoms with Gasteiger partial charge in [0.1, 0.15) is 6.17 Å². The third kappa shape index (κ3) is 4.28. The molecule has 1 aliphatic rings. The summed E-state index contributed by atoms with van der Waals surface area (Å²) in [5.41, 5.74) is 3.11. The van der Waals surface area contributed by atoms with E-state index >= 15 is 4.39 Å². The molecule has 0 spiro atoms. The molecule has 0 radical (unpaired) electrons. The molecule has 2 aromatic rings. The third-order valence-corrected chi connectivity index (χ3v) is 6.72. The Balaban J connectivity index is 1.66. The summed E-state index contributed by atoms with van der Waals surface area (Å²) in [6.07, 6.45) is 0.109. The van der Waals surface area contributed by atoms with Gasteiger partial charge in [-0.1, -0.05) is 75.4 Å². The Morgan fingerprint density at radius 2 is 1.71 bits per heavy atom. The predicted molar refractivity (Wildman–Crippen MR) is 113 cm³/mol. The van der Waals surface area contributed by atoms with Crippen LogP contribution >= 0.6 is 0 Å². The second-order valence-electron chi connectivity index (χ2n) is 8.62. The standard InChI is InChI=1S/C25H31FN2/c1-19(2)20(3)25(13-15-27)14-16-28(18-24(25)26)17-21-9-11-23(12-10-21)22-7-5-4-6-8-22/h4-12,19-20,24H,13-14,16-18H2,1-3H3/t20-,24-,25-/m0/s1. The van der Waals surface area contributed by atoms with Crippen LogP contribution in [0.1, 0.15) is 39.2 Å². The lowest BCUT2D eigenvalue weighted by Crippen LogP contribution is -2.52. The zero-order valence-electron chi connectivity index (χ0n) is 17.2. The minimum absolute atomic E-state index is 0.203. The van der Waals surface area contributed by atoms with Gasteiger partial charge in [-0.25, -0.2) is 4.39 Å².